The molecule has 6 nitrogen and oxygen atoms in total. The van der Waals surface area contributed by atoms with Gasteiger partial charge < -0.3 is 14.2 Å². The van der Waals surface area contributed by atoms with Crippen LogP contribution in [0.3, 0.4) is 0 Å². The first-order valence-electron chi connectivity index (χ1n) is 29.2. The minimum Gasteiger partial charge on any atom is -0.462 e. The van der Waals surface area contributed by atoms with Crippen LogP contribution in [0.2, 0.25) is 0 Å². The zero-order valence-electron chi connectivity index (χ0n) is 45.3. The van der Waals surface area contributed by atoms with Crippen LogP contribution in [0.1, 0.15) is 278 Å². The molecule has 6 heteroatoms. The molecular formula is C63H108O6. The average Bonchev–Trinajstić information content (AvgIpc) is 3.35. The Labute approximate surface area is 426 Å². The first kappa shape index (κ1) is 65.6. The fourth-order valence-electron chi connectivity index (χ4n) is 8.10. The fraction of sp³-hybridized carbons (Fsp3) is 0.730. The number of hydrogen-bond donors (Lipinski definition) is 0. The van der Waals surface area contributed by atoms with E-state index in [0.717, 1.165) is 70.6 Å². The summed E-state index contributed by atoms with van der Waals surface area (Å²) < 4.78 is 16.8. The average molecular weight is 962 g/mol. The lowest BCUT2D eigenvalue weighted by atomic mass is 10.1. The van der Waals surface area contributed by atoms with Gasteiger partial charge in [0.25, 0.3) is 0 Å². The molecule has 0 aliphatic carbocycles. The molecule has 0 fully saturated rings. The number of carbonyl (C=O) groups is 3. The predicted octanol–water partition coefficient (Wildman–Crippen LogP) is 19.5. The summed E-state index contributed by atoms with van der Waals surface area (Å²) in [6.45, 7) is 6.47. The third kappa shape index (κ3) is 55.4. The smallest absolute Gasteiger partial charge is 0.306 e. The molecule has 0 radical (unpaired) electrons. The summed E-state index contributed by atoms with van der Waals surface area (Å²) in [4.78, 5) is 38.2. The number of carbonyl (C=O) groups excluding carboxylic acids is 3. The van der Waals surface area contributed by atoms with E-state index in [-0.39, 0.29) is 31.1 Å². The maximum absolute atomic E-state index is 12.9. The Bertz CT molecular complexity index is 1330. The van der Waals surface area contributed by atoms with E-state index in [0.29, 0.717) is 19.3 Å². The van der Waals surface area contributed by atoms with Gasteiger partial charge in [0.1, 0.15) is 13.2 Å². The lowest BCUT2D eigenvalue weighted by molar-refractivity contribution is -0.167. The molecule has 0 aromatic carbocycles. The van der Waals surface area contributed by atoms with Crippen molar-refractivity contribution in [2.24, 2.45) is 0 Å². The van der Waals surface area contributed by atoms with Gasteiger partial charge in [-0.05, 0) is 89.9 Å². The molecule has 0 bridgehead atoms. The highest BCUT2D eigenvalue weighted by Crippen LogP contribution is 2.15. The Morgan fingerprint density at radius 1 is 0.304 bits per heavy atom. The van der Waals surface area contributed by atoms with E-state index in [4.69, 9.17) is 14.2 Å². The molecule has 0 saturated carbocycles. The predicted molar refractivity (Wildman–Crippen MR) is 297 cm³/mol. The lowest BCUT2D eigenvalue weighted by Crippen LogP contribution is -2.30. The monoisotopic (exact) mass is 961 g/mol. The molecular weight excluding hydrogens is 853 g/mol. The summed E-state index contributed by atoms with van der Waals surface area (Å²) in [5.41, 5.74) is 0. The van der Waals surface area contributed by atoms with Gasteiger partial charge in [-0.15, -0.1) is 0 Å². The minimum atomic E-state index is -0.799. The van der Waals surface area contributed by atoms with Crippen molar-refractivity contribution < 1.29 is 28.6 Å². The minimum absolute atomic E-state index is 0.0940. The fourth-order valence-corrected chi connectivity index (χ4v) is 8.10. The van der Waals surface area contributed by atoms with Crippen molar-refractivity contribution in [3.63, 3.8) is 0 Å². The van der Waals surface area contributed by atoms with Crippen molar-refractivity contribution in [3.05, 3.63) is 85.1 Å². The van der Waals surface area contributed by atoms with Gasteiger partial charge in [-0.2, -0.15) is 0 Å². The Kier molecular flexibility index (Phi) is 54.3. The molecule has 0 heterocycles. The van der Waals surface area contributed by atoms with Crippen LogP contribution in [-0.4, -0.2) is 37.2 Å². The normalized spacial score (nSPS) is 12.7. The van der Waals surface area contributed by atoms with Crippen LogP contribution in [0.25, 0.3) is 0 Å². The van der Waals surface area contributed by atoms with Gasteiger partial charge in [0.15, 0.2) is 6.10 Å². The van der Waals surface area contributed by atoms with Crippen LogP contribution in [0, 0.1) is 0 Å². The highest BCUT2D eigenvalue weighted by Gasteiger charge is 2.19. The molecule has 0 aromatic heterocycles. The van der Waals surface area contributed by atoms with Crippen molar-refractivity contribution in [3.8, 4) is 0 Å². The summed E-state index contributed by atoms with van der Waals surface area (Å²) in [5.74, 6) is -0.939. The SMILES string of the molecule is CC\C=C/C=C\C=C/C=C\C=C/CCCCCC(=O)OCC(COC(=O)CCCCCCCCC/C=C\CCCCCCCCCC)OC(=O)CCCCCCCCC/C=C\CCCCCCCC. The zero-order valence-corrected chi connectivity index (χ0v) is 45.3. The van der Waals surface area contributed by atoms with E-state index < -0.39 is 6.10 Å². The van der Waals surface area contributed by atoms with Crippen LogP contribution in [-0.2, 0) is 28.6 Å². The standard InChI is InChI=1S/C63H108O6/c1-4-7-10-13-16-19-22-25-28-30-31-33-35-38-41-44-47-50-53-56-62(65)68-59-60(58-67-61(64)55-52-49-46-43-40-37-34-27-24-21-18-15-12-9-6-3)69-63(66)57-54-51-48-45-42-39-36-32-29-26-23-20-17-14-11-8-5-2/h9,12,15,18,21,24,26-27,29-31,34,37,40,60H,4-8,10-11,13-14,16-17,19-20,22-23,25,28,32-33,35-36,38-39,41-59H2,1-3H3/b12-9-,18-15-,24-21-,29-26-,31-30-,34-27-,40-37-. The van der Waals surface area contributed by atoms with Gasteiger partial charge in [0.05, 0.1) is 0 Å². The van der Waals surface area contributed by atoms with E-state index in [1.54, 1.807) is 0 Å². The summed E-state index contributed by atoms with van der Waals surface area (Å²) in [5, 5.41) is 0. The van der Waals surface area contributed by atoms with E-state index >= 15 is 0 Å². The van der Waals surface area contributed by atoms with Crippen molar-refractivity contribution in [2.75, 3.05) is 13.2 Å². The van der Waals surface area contributed by atoms with Gasteiger partial charge in [-0.25, -0.2) is 0 Å². The van der Waals surface area contributed by atoms with Gasteiger partial charge in [-0.1, -0.05) is 254 Å². The van der Waals surface area contributed by atoms with E-state index in [1.807, 2.05) is 48.6 Å². The van der Waals surface area contributed by atoms with E-state index in [9.17, 15) is 14.4 Å². The second kappa shape index (κ2) is 57.2. The summed E-state index contributed by atoms with van der Waals surface area (Å²) in [7, 11) is 0. The van der Waals surface area contributed by atoms with Gasteiger partial charge in [-0.3, -0.25) is 14.4 Å². The molecule has 1 unspecified atom stereocenters. The molecule has 0 aromatic rings. The van der Waals surface area contributed by atoms with Crippen molar-refractivity contribution in [1.29, 1.82) is 0 Å². The van der Waals surface area contributed by atoms with Crippen LogP contribution >= 0.6 is 0 Å². The van der Waals surface area contributed by atoms with Crippen LogP contribution < -0.4 is 0 Å². The number of esters is 3. The van der Waals surface area contributed by atoms with Gasteiger partial charge in [0, 0.05) is 19.3 Å². The van der Waals surface area contributed by atoms with E-state index in [1.165, 1.54) is 167 Å². The van der Waals surface area contributed by atoms with Crippen molar-refractivity contribution in [2.45, 2.75) is 284 Å². The highest BCUT2D eigenvalue weighted by molar-refractivity contribution is 5.71. The number of rotatable bonds is 52. The van der Waals surface area contributed by atoms with Gasteiger partial charge >= 0.3 is 17.9 Å². The van der Waals surface area contributed by atoms with Gasteiger partial charge in [0.2, 0.25) is 0 Å². The third-order valence-corrected chi connectivity index (χ3v) is 12.5. The molecule has 0 rings (SSSR count). The first-order chi connectivity index (χ1) is 34.0. The Hall–Kier alpha value is -3.41. The van der Waals surface area contributed by atoms with Crippen LogP contribution in [0.4, 0.5) is 0 Å². The number of allylic oxidation sites excluding steroid dienone is 14. The maximum Gasteiger partial charge on any atom is 0.306 e. The number of ether oxygens (including phenoxy) is 3. The second-order valence-corrected chi connectivity index (χ2v) is 19.3. The Morgan fingerprint density at radius 3 is 0.942 bits per heavy atom. The number of unbranched alkanes of at least 4 members (excludes halogenated alkanes) is 31. The molecule has 0 amide bonds. The second-order valence-electron chi connectivity index (χ2n) is 19.3. The maximum atomic E-state index is 12.9. The molecule has 0 aliphatic rings. The molecule has 0 N–H and O–H groups in total. The third-order valence-electron chi connectivity index (χ3n) is 12.5. The first-order valence-corrected chi connectivity index (χ1v) is 29.2. The van der Waals surface area contributed by atoms with Crippen molar-refractivity contribution >= 4 is 17.9 Å². The Morgan fingerprint density at radius 2 is 0.580 bits per heavy atom. The number of hydrogen-bond acceptors (Lipinski definition) is 6. The zero-order chi connectivity index (χ0) is 50.0. The van der Waals surface area contributed by atoms with Crippen LogP contribution in [0.5, 0.6) is 0 Å². The summed E-state index contributed by atoms with van der Waals surface area (Å²) in [6, 6.07) is 0. The molecule has 69 heavy (non-hydrogen) atoms. The quantitative estimate of drug-likeness (QED) is 0.0199. The van der Waals surface area contributed by atoms with E-state index in [2.05, 4.69) is 57.2 Å². The topological polar surface area (TPSA) is 78.9 Å². The molecule has 396 valence electrons. The molecule has 0 aliphatic heterocycles. The molecule has 0 spiro atoms. The molecule has 1 atom stereocenters. The Balaban J connectivity index is 4.44. The lowest BCUT2D eigenvalue weighted by Gasteiger charge is -2.18. The van der Waals surface area contributed by atoms with Crippen molar-refractivity contribution in [1.82, 2.24) is 0 Å². The largest absolute Gasteiger partial charge is 0.462 e. The highest BCUT2D eigenvalue weighted by atomic mass is 16.6. The van der Waals surface area contributed by atoms with Crippen LogP contribution in [0.15, 0.2) is 85.1 Å². The summed E-state index contributed by atoms with van der Waals surface area (Å²) in [6.07, 6.45) is 74.3. The summed E-state index contributed by atoms with van der Waals surface area (Å²) >= 11 is 0. The molecule has 0 saturated heterocycles.